The number of hydrogen-bond donors (Lipinski definition) is 0. The molecule has 1 heterocycles. The molecule has 0 amide bonds. The molecule has 5 rings (SSSR count). The predicted molar refractivity (Wildman–Crippen MR) is 119 cm³/mol. The van der Waals surface area contributed by atoms with E-state index in [4.69, 9.17) is 4.99 Å². The number of fused-ring (bicyclic) bond motifs is 3. The number of aliphatic imine (C=N–C) groups is 1. The maximum atomic E-state index is 5.06. The Morgan fingerprint density at radius 1 is 0.643 bits per heavy atom. The number of rotatable bonds is 4. The van der Waals surface area contributed by atoms with Crippen molar-refractivity contribution >= 4 is 22.2 Å². The zero-order chi connectivity index (χ0) is 19.0. The quantitative estimate of drug-likeness (QED) is 0.385. The van der Waals surface area contributed by atoms with Gasteiger partial charge in [0.1, 0.15) is 0 Å². The second-order valence-corrected chi connectivity index (χ2v) is 7.78. The van der Waals surface area contributed by atoms with E-state index in [1.807, 2.05) is 0 Å². The van der Waals surface area contributed by atoms with Crippen LogP contribution in [0.1, 0.15) is 23.6 Å². The molecule has 1 nitrogen and oxygen atoms in total. The molecule has 0 spiro atoms. The summed E-state index contributed by atoms with van der Waals surface area (Å²) in [6, 6.07) is 34.8. The van der Waals surface area contributed by atoms with Gasteiger partial charge in [0.15, 0.2) is 0 Å². The fourth-order valence-corrected chi connectivity index (χ4v) is 4.71. The molecule has 28 heavy (non-hydrogen) atoms. The van der Waals surface area contributed by atoms with Gasteiger partial charge in [0.2, 0.25) is 0 Å². The lowest BCUT2D eigenvalue weighted by molar-refractivity contribution is 0.579. The monoisotopic (exact) mass is 361 g/mol. The molecule has 1 aliphatic heterocycles. The van der Waals surface area contributed by atoms with Crippen molar-refractivity contribution in [3.8, 4) is 0 Å². The second kappa shape index (κ2) is 6.76. The van der Waals surface area contributed by atoms with Crippen LogP contribution in [0.4, 0.5) is 5.69 Å². The van der Waals surface area contributed by atoms with Gasteiger partial charge in [0, 0.05) is 11.1 Å². The minimum atomic E-state index is -0.126. The first kappa shape index (κ1) is 16.9. The molecule has 0 saturated heterocycles. The summed E-state index contributed by atoms with van der Waals surface area (Å²) in [5.74, 6) is 0. The minimum absolute atomic E-state index is 0.126. The Morgan fingerprint density at radius 3 is 1.86 bits per heavy atom. The van der Waals surface area contributed by atoms with Crippen molar-refractivity contribution in [3.05, 3.63) is 114 Å². The van der Waals surface area contributed by atoms with Gasteiger partial charge >= 0.3 is 0 Å². The molecule has 4 aromatic carbocycles. The molecule has 1 aliphatic rings. The summed E-state index contributed by atoms with van der Waals surface area (Å²) in [6.07, 6.45) is 1.91. The van der Waals surface area contributed by atoms with E-state index in [0.29, 0.717) is 0 Å². The highest BCUT2D eigenvalue weighted by molar-refractivity contribution is 6.07. The van der Waals surface area contributed by atoms with E-state index in [1.54, 1.807) is 0 Å². The van der Waals surface area contributed by atoms with Crippen LogP contribution in [-0.2, 0) is 18.3 Å². The average molecular weight is 361 g/mol. The van der Waals surface area contributed by atoms with Gasteiger partial charge in [-0.1, -0.05) is 91.0 Å². The Morgan fingerprint density at radius 2 is 1.21 bits per heavy atom. The van der Waals surface area contributed by atoms with Gasteiger partial charge in [0.25, 0.3) is 0 Å². The number of nitrogens with zero attached hydrogens (tertiary/aromatic N) is 1. The third kappa shape index (κ3) is 2.75. The van der Waals surface area contributed by atoms with Crippen molar-refractivity contribution in [1.82, 2.24) is 0 Å². The molecular formula is C27H23N. The third-order valence-electron chi connectivity index (χ3n) is 6.06. The molecule has 0 radical (unpaired) electrons. The van der Waals surface area contributed by atoms with Crippen LogP contribution in [-0.4, -0.2) is 5.71 Å². The van der Waals surface area contributed by atoms with Crippen molar-refractivity contribution in [2.45, 2.75) is 25.2 Å². The van der Waals surface area contributed by atoms with Gasteiger partial charge in [0.05, 0.1) is 5.69 Å². The maximum Gasteiger partial charge on any atom is 0.0677 e. The Balaban J connectivity index is 1.75. The van der Waals surface area contributed by atoms with E-state index in [9.17, 15) is 0 Å². The largest absolute Gasteiger partial charge is 0.257 e. The average Bonchev–Trinajstić information content (AvgIpc) is 3.01. The van der Waals surface area contributed by atoms with Crippen LogP contribution in [0.3, 0.4) is 0 Å². The third-order valence-corrected chi connectivity index (χ3v) is 6.06. The van der Waals surface area contributed by atoms with Crippen LogP contribution in [0.5, 0.6) is 0 Å². The molecule has 0 atom stereocenters. The van der Waals surface area contributed by atoms with Crippen molar-refractivity contribution in [3.63, 3.8) is 0 Å². The summed E-state index contributed by atoms with van der Waals surface area (Å²) < 4.78 is 0. The van der Waals surface area contributed by atoms with E-state index in [0.717, 1.165) is 18.5 Å². The fourth-order valence-electron chi connectivity index (χ4n) is 4.71. The van der Waals surface area contributed by atoms with Crippen LogP contribution in [0, 0.1) is 0 Å². The summed E-state index contributed by atoms with van der Waals surface area (Å²) in [4.78, 5) is 5.06. The molecule has 0 aliphatic carbocycles. The lowest BCUT2D eigenvalue weighted by Crippen LogP contribution is -2.37. The summed E-state index contributed by atoms with van der Waals surface area (Å²) in [7, 11) is 0. The predicted octanol–water partition coefficient (Wildman–Crippen LogP) is 6.67. The van der Waals surface area contributed by atoms with Gasteiger partial charge in [-0.3, -0.25) is 4.99 Å². The van der Waals surface area contributed by atoms with Crippen LogP contribution in [0.2, 0.25) is 0 Å². The molecule has 0 aromatic heterocycles. The Hall–Kier alpha value is -3.19. The van der Waals surface area contributed by atoms with Crippen molar-refractivity contribution in [2.75, 3.05) is 0 Å². The first-order chi connectivity index (χ1) is 13.8. The highest BCUT2D eigenvalue weighted by atomic mass is 14.8. The van der Waals surface area contributed by atoms with Gasteiger partial charge in [-0.25, -0.2) is 0 Å². The molecule has 0 N–H and O–H groups in total. The van der Waals surface area contributed by atoms with Crippen molar-refractivity contribution in [2.24, 2.45) is 4.99 Å². The summed E-state index contributed by atoms with van der Waals surface area (Å²) in [6.45, 7) is 2.21. The van der Waals surface area contributed by atoms with Crippen LogP contribution in [0.15, 0.2) is 102 Å². The molecule has 0 bridgehead atoms. The van der Waals surface area contributed by atoms with Crippen molar-refractivity contribution < 1.29 is 0 Å². The Bertz CT molecular complexity index is 1120. The molecule has 1 heteroatoms. The van der Waals surface area contributed by atoms with Gasteiger partial charge in [-0.15, -0.1) is 0 Å². The van der Waals surface area contributed by atoms with Gasteiger partial charge in [-0.2, -0.15) is 0 Å². The number of hydrogen-bond acceptors (Lipinski definition) is 1. The summed E-state index contributed by atoms with van der Waals surface area (Å²) >= 11 is 0. The second-order valence-electron chi connectivity index (χ2n) is 7.78. The highest BCUT2D eigenvalue weighted by Gasteiger charge is 2.42. The topological polar surface area (TPSA) is 12.4 Å². The standard InChI is InChI=1S/C27H23N/c1-20-27(18-21-10-4-2-5-11-21,19-22-12-6-3-7-13-22)26-24-15-9-8-14-23(24)16-17-25(26)28-20/h2-17H,18-19H2,1H3. The van der Waals surface area contributed by atoms with Crippen molar-refractivity contribution in [1.29, 1.82) is 0 Å². The minimum Gasteiger partial charge on any atom is -0.257 e. The molecule has 0 fully saturated rings. The first-order valence-corrected chi connectivity index (χ1v) is 9.92. The Kier molecular flexibility index (Phi) is 4.09. The zero-order valence-corrected chi connectivity index (χ0v) is 16.1. The van der Waals surface area contributed by atoms with Crippen LogP contribution < -0.4 is 0 Å². The normalized spacial score (nSPS) is 14.7. The van der Waals surface area contributed by atoms with Crippen LogP contribution in [0.25, 0.3) is 10.8 Å². The lowest BCUT2D eigenvalue weighted by atomic mass is 9.68. The van der Waals surface area contributed by atoms with E-state index in [-0.39, 0.29) is 5.41 Å². The van der Waals surface area contributed by atoms with E-state index < -0.39 is 0 Å². The number of benzene rings is 4. The van der Waals surface area contributed by atoms with Gasteiger partial charge < -0.3 is 0 Å². The lowest BCUT2D eigenvalue weighted by Gasteiger charge is -2.33. The fraction of sp³-hybridized carbons (Fsp3) is 0.148. The molecule has 136 valence electrons. The molecule has 4 aromatic rings. The van der Waals surface area contributed by atoms with E-state index in [2.05, 4.69) is 104 Å². The SMILES string of the molecule is CC1=Nc2ccc3ccccc3c2C1(Cc1ccccc1)Cc1ccccc1. The summed E-state index contributed by atoms with van der Waals surface area (Å²) in [5, 5.41) is 2.61. The van der Waals surface area contributed by atoms with Gasteiger partial charge in [-0.05, 0) is 53.3 Å². The van der Waals surface area contributed by atoms with E-state index >= 15 is 0 Å². The molecule has 0 unspecified atom stereocenters. The zero-order valence-electron chi connectivity index (χ0n) is 16.1. The van der Waals surface area contributed by atoms with Crippen LogP contribution >= 0.6 is 0 Å². The molecular weight excluding hydrogens is 338 g/mol. The summed E-state index contributed by atoms with van der Waals surface area (Å²) in [5.41, 5.74) is 6.31. The highest BCUT2D eigenvalue weighted by Crippen LogP contribution is 2.48. The Labute approximate surface area is 166 Å². The van der Waals surface area contributed by atoms with E-state index in [1.165, 1.54) is 33.2 Å². The maximum absolute atomic E-state index is 5.06. The smallest absolute Gasteiger partial charge is 0.0677 e. The molecule has 0 saturated carbocycles. The first-order valence-electron chi connectivity index (χ1n) is 9.92.